The van der Waals surface area contributed by atoms with E-state index in [1.807, 2.05) is 0 Å². The highest BCUT2D eigenvalue weighted by atomic mass is 16.6. The lowest BCUT2D eigenvalue weighted by Gasteiger charge is -2.56. The van der Waals surface area contributed by atoms with E-state index in [9.17, 15) is 9.59 Å². The fourth-order valence-electron chi connectivity index (χ4n) is 6.09. The van der Waals surface area contributed by atoms with E-state index in [4.69, 9.17) is 10.5 Å². The van der Waals surface area contributed by atoms with Gasteiger partial charge in [0.05, 0.1) is 17.6 Å². The standard InChI is InChI=1S/C22H32N4O3/c1-21(2,3)29-20(28)25-17-7-18(24-12-16(17)23)26-19(27)11-22-8-13-4-14(9-22)6-15(5-13)10-22/h7,12-15H,4-6,8-11,23H2,1-3H3,(H2,24,25,26,27,28). The Morgan fingerprint density at radius 1 is 1.14 bits per heavy atom. The molecule has 7 nitrogen and oxygen atoms in total. The van der Waals surface area contributed by atoms with Crippen LogP contribution in [0.25, 0.3) is 0 Å². The minimum Gasteiger partial charge on any atom is -0.444 e. The van der Waals surface area contributed by atoms with E-state index < -0.39 is 11.7 Å². The summed E-state index contributed by atoms with van der Waals surface area (Å²) in [5.41, 5.74) is 6.17. The molecule has 0 unspecified atom stereocenters. The van der Waals surface area contributed by atoms with Crippen LogP contribution in [-0.4, -0.2) is 22.6 Å². The summed E-state index contributed by atoms with van der Waals surface area (Å²) in [5, 5.41) is 5.54. The number of anilines is 3. The quantitative estimate of drug-likeness (QED) is 0.687. The van der Waals surface area contributed by atoms with E-state index in [1.165, 1.54) is 44.7 Å². The van der Waals surface area contributed by atoms with E-state index in [0.717, 1.165) is 17.8 Å². The normalized spacial score (nSPS) is 30.1. The number of rotatable bonds is 4. The second-order valence-electron chi connectivity index (χ2n) is 10.4. The van der Waals surface area contributed by atoms with Gasteiger partial charge in [-0.25, -0.2) is 9.78 Å². The molecule has 4 aliphatic rings. The van der Waals surface area contributed by atoms with Crippen LogP contribution in [0, 0.1) is 23.2 Å². The number of nitrogens with two attached hydrogens (primary N) is 1. The molecule has 4 fully saturated rings. The fourth-order valence-corrected chi connectivity index (χ4v) is 6.09. The number of hydrogen-bond acceptors (Lipinski definition) is 5. The molecule has 0 radical (unpaired) electrons. The van der Waals surface area contributed by atoms with Gasteiger partial charge in [-0.2, -0.15) is 0 Å². The number of hydrogen-bond donors (Lipinski definition) is 3. The van der Waals surface area contributed by atoms with Crippen LogP contribution >= 0.6 is 0 Å². The number of ether oxygens (including phenoxy) is 1. The minimum atomic E-state index is -0.610. The Bertz CT molecular complexity index is 779. The maximum Gasteiger partial charge on any atom is 0.412 e. The minimum absolute atomic E-state index is 0.00700. The highest BCUT2D eigenvalue weighted by molar-refractivity contribution is 5.93. The molecule has 2 amide bonds. The van der Waals surface area contributed by atoms with Crippen molar-refractivity contribution in [2.75, 3.05) is 16.4 Å². The number of nitrogens with zero attached hydrogens (tertiary/aromatic N) is 1. The number of nitrogen functional groups attached to an aromatic ring is 1. The number of amides is 2. The molecular weight excluding hydrogens is 368 g/mol. The first-order valence-corrected chi connectivity index (χ1v) is 10.6. The molecule has 4 N–H and O–H groups in total. The molecule has 0 aromatic carbocycles. The van der Waals surface area contributed by atoms with E-state index in [2.05, 4.69) is 15.6 Å². The molecule has 4 saturated carbocycles. The Labute approximate surface area is 172 Å². The Morgan fingerprint density at radius 2 is 1.72 bits per heavy atom. The Morgan fingerprint density at radius 3 is 2.28 bits per heavy atom. The van der Waals surface area contributed by atoms with Crippen LogP contribution in [0.15, 0.2) is 12.3 Å². The van der Waals surface area contributed by atoms with Crippen molar-refractivity contribution >= 4 is 29.2 Å². The largest absolute Gasteiger partial charge is 0.444 e. The lowest BCUT2D eigenvalue weighted by Crippen LogP contribution is -2.47. The van der Waals surface area contributed by atoms with Crippen molar-refractivity contribution in [3.05, 3.63) is 12.3 Å². The number of aromatic nitrogens is 1. The molecule has 0 aliphatic heterocycles. The van der Waals surface area contributed by atoms with Crippen molar-refractivity contribution in [2.24, 2.45) is 23.2 Å². The molecule has 158 valence electrons. The number of carbonyl (C=O) groups excluding carboxylic acids is 2. The summed E-state index contributed by atoms with van der Waals surface area (Å²) in [6.07, 6.45) is 9.04. The Kier molecular flexibility index (Phi) is 4.95. The number of carbonyl (C=O) groups is 2. The monoisotopic (exact) mass is 400 g/mol. The Hall–Kier alpha value is -2.31. The topological polar surface area (TPSA) is 106 Å². The molecule has 0 saturated heterocycles. The van der Waals surface area contributed by atoms with Crippen LogP contribution in [0.2, 0.25) is 0 Å². The van der Waals surface area contributed by atoms with E-state index in [-0.39, 0.29) is 11.3 Å². The summed E-state index contributed by atoms with van der Waals surface area (Å²) in [6.45, 7) is 5.37. The van der Waals surface area contributed by atoms with E-state index in [0.29, 0.717) is 23.6 Å². The van der Waals surface area contributed by atoms with Gasteiger partial charge in [-0.05, 0) is 82.5 Å². The zero-order chi connectivity index (χ0) is 20.8. The predicted octanol–water partition coefficient (Wildman–Crippen LogP) is 4.56. The van der Waals surface area contributed by atoms with Gasteiger partial charge in [0.2, 0.25) is 5.91 Å². The van der Waals surface area contributed by atoms with Crippen molar-refractivity contribution in [3.63, 3.8) is 0 Å². The van der Waals surface area contributed by atoms with Crippen molar-refractivity contribution in [2.45, 2.75) is 71.3 Å². The van der Waals surface area contributed by atoms with Crippen molar-refractivity contribution in [3.8, 4) is 0 Å². The summed E-state index contributed by atoms with van der Waals surface area (Å²) in [7, 11) is 0. The van der Waals surface area contributed by atoms with Crippen molar-refractivity contribution in [1.82, 2.24) is 4.98 Å². The first kappa shape index (κ1) is 20.0. The molecule has 5 rings (SSSR count). The maximum absolute atomic E-state index is 12.8. The molecule has 7 heteroatoms. The molecule has 4 bridgehead atoms. The average molecular weight is 401 g/mol. The second kappa shape index (κ2) is 7.18. The highest BCUT2D eigenvalue weighted by Crippen LogP contribution is 2.61. The summed E-state index contributed by atoms with van der Waals surface area (Å²) < 4.78 is 5.26. The van der Waals surface area contributed by atoms with Gasteiger partial charge in [0.25, 0.3) is 0 Å². The van der Waals surface area contributed by atoms with Crippen LogP contribution in [0.1, 0.15) is 65.7 Å². The third-order valence-corrected chi connectivity index (χ3v) is 6.54. The second-order valence-corrected chi connectivity index (χ2v) is 10.4. The van der Waals surface area contributed by atoms with Crippen molar-refractivity contribution in [1.29, 1.82) is 0 Å². The third-order valence-electron chi connectivity index (χ3n) is 6.54. The first-order valence-electron chi connectivity index (χ1n) is 10.6. The predicted molar refractivity (Wildman–Crippen MR) is 112 cm³/mol. The summed E-state index contributed by atoms with van der Waals surface area (Å²) in [5.74, 6) is 2.82. The lowest BCUT2D eigenvalue weighted by atomic mass is 9.49. The zero-order valence-corrected chi connectivity index (χ0v) is 17.6. The van der Waals surface area contributed by atoms with Crippen LogP contribution < -0.4 is 16.4 Å². The smallest absolute Gasteiger partial charge is 0.412 e. The highest BCUT2D eigenvalue weighted by Gasteiger charge is 2.51. The van der Waals surface area contributed by atoms with Crippen LogP contribution in [0.3, 0.4) is 0 Å². The average Bonchev–Trinajstić information content (AvgIpc) is 2.54. The molecule has 0 spiro atoms. The molecule has 0 atom stereocenters. The molecular formula is C22H32N4O3. The van der Waals surface area contributed by atoms with E-state index >= 15 is 0 Å². The maximum atomic E-state index is 12.8. The van der Waals surface area contributed by atoms with Gasteiger partial charge in [0, 0.05) is 12.5 Å². The van der Waals surface area contributed by atoms with Gasteiger partial charge >= 0.3 is 6.09 Å². The van der Waals surface area contributed by atoms with Crippen molar-refractivity contribution < 1.29 is 14.3 Å². The van der Waals surface area contributed by atoms with E-state index in [1.54, 1.807) is 26.8 Å². The molecule has 4 aliphatic carbocycles. The van der Waals surface area contributed by atoms with Crippen LogP contribution in [-0.2, 0) is 9.53 Å². The lowest BCUT2D eigenvalue weighted by molar-refractivity contribution is -0.124. The molecule has 1 aromatic rings. The summed E-state index contributed by atoms with van der Waals surface area (Å²) in [6, 6.07) is 1.58. The SMILES string of the molecule is CC(C)(C)OC(=O)Nc1cc(NC(=O)CC23CC4CC(CC(C4)C2)C3)ncc1N. The zero-order valence-electron chi connectivity index (χ0n) is 17.6. The summed E-state index contributed by atoms with van der Waals surface area (Å²) >= 11 is 0. The summed E-state index contributed by atoms with van der Waals surface area (Å²) in [4.78, 5) is 29.0. The van der Waals surface area contributed by atoms with Gasteiger partial charge in [0.1, 0.15) is 11.4 Å². The van der Waals surface area contributed by atoms with Gasteiger partial charge in [-0.15, -0.1) is 0 Å². The molecule has 29 heavy (non-hydrogen) atoms. The van der Waals surface area contributed by atoms with Gasteiger partial charge < -0.3 is 15.8 Å². The molecule has 1 heterocycles. The van der Waals surface area contributed by atoms with Crippen LogP contribution in [0.5, 0.6) is 0 Å². The van der Waals surface area contributed by atoms with Gasteiger partial charge in [-0.3, -0.25) is 10.1 Å². The number of pyridine rings is 1. The van der Waals surface area contributed by atoms with Crippen LogP contribution in [0.4, 0.5) is 22.0 Å². The third kappa shape index (κ3) is 4.65. The van der Waals surface area contributed by atoms with Gasteiger partial charge in [-0.1, -0.05) is 0 Å². The fraction of sp³-hybridized carbons (Fsp3) is 0.682. The number of nitrogens with one attached hydrogen (secondary N) is 2. The first-order chi connectivity index (χ1) is 13.6. The Balaban J connectivity index is 1.39. The molecule has 1 aromatic heterocycles. The van der Waals surface area contributed by atoms with Gasteiger partial charge in [0.15, 0.2) is 0 Å².